The first-order valence-electron chi connectivity index (χ1n) is 8.25. The van der Waals surface area contributed by atoms with Crippen LogP contribution in [0.2, 0.25) is 0 Å². The highest BCUT2D eigenvalue weighted by Crippen LogP contribution is 2.31. The first kappa shape index (κ1) is 17.8. The lowest BCUT2D eigenvalue weighted by molar-refractivity contribution is 0.590. The molecule has 0 saturated heterocycles. The van der Waals surface area contributed by atoms with E-state index in [1.54, 1.807) is 6.07 Å². The van der Waals surface area contributed by atoms with Gasteiger partial charge < -0.3 is 10.6 Å². The Bertz CT molecular complexity index is 899. The van der Waals surface area contributed by atoms with Gasteiger partial charge in [-0.2, -0.15) is 4.98 Å². The van der Waals surface area contributed by atoms with E-state index in [1.807, 2.05) is 24.3 Å². The number of benzene rings is 2. The van der Waals surface area contributed by atoms with Crippen molar-refractivity contribution in [1.82, 2.24) is 9.97 Å². The number of para-hydroxylation sites is 2. The summed E-state index contributed by atoms with van der Waals surface area (Å²) < 4.78 is 27.6. The smallest absolute Gasteiger partial charge is 0.229 e. The molecule has 0 aliphatic heterocycles. The molecule has 1 aromatic heterocycles. The summed E-state index contributed by atoms with van der Waals surface area (Å²) in [5.41, 5.74) is 1.69. The first-order chi connectivity index (χ1) is 12.3. The number of nitrogens with one attached hydrogen (secondary N) is 2. The summed E-state index contributed by atoms with van der Waals surface area (Å²) in [6, 6.07) is 13.1. The minimum Gasteiger partial charge on any atom is -0.335 e. The SMILES string of the molecule is CC(C)(C)c1ccccc1Nc1nccc(Nc2c(F)cccc2F)n1. The fourth-order valence-electron chi connectivity index (χ4n) is 2.60. The van der Waals surface area contributed by atoms with Gasteiger partial charge in [0.25, 0.3) is 0 Å². The van der Waals surface area contributed by atoms with E-state index in [-0.39, 0.29) is 11.1 Å². The van der Waals surface area contributed by atoms with Crippen LogP contribution < -0.4 is 10.6 Å². The predicted octanol–water partition coefficient (Wildman–Crippen LogP) is 5.54. The van der Waals surface area contributed by atoms with Crippen LogP contribution in [0.4, 0.5) is 31.9 Å². The number of hydrogen-bond donors (Lipinski definition) is 2. The van der Waals surface area contributed by atoms with Gasteiger partial charge in [-0.25, -0.2) is 13.8 Å². The molecule has 1 heterocycles. The Morgan fingerprint density at radius 2 is 1.54 bits per heavy atom. The molecule has 134 valence electrons. The molecule has 26 heavy (non-hydrogen) atoms. The highest BCUT2D eigenvalue weighted by molar-refractivity contribution is 5.63. The monoisotopic (exact) mass is 354 g/mol. The van der Waals surface area contributed by atoms with Gasteiger partial charge in [0.15, 0.2) is 0 Å². The molecule has 0 radical (unpaired) electrons. The molecule has 0 spiro atoms. The highest BCUT2D eigenvalue weighted by atomic mass is 19.1. The molecule has 0 bridgehead atoms. The lowest BCUT2D eigenvalue weighted by Crippen LogP contribution is -2.14. The van der Waals surface area contributed by atoms with Crippen LogP contribution in [0, 0.1) is 11.6 Å². The lowest BCUT2D eigenvalue weighted by atomic mass is 9.86. The summed E-state index contributed by atoms with van der Waals surface area (Å²) in [7, 11) is 0. The second kappa shape index (κ2) is 7.07. The summed E-state index contributed by atoms with van der Waals surface area (Å²) in [4.78, 5) is 8.50. The Morgan fingerprint density at radius 3 is 2.23 bits per heavy atom. The van der Waals surface area contributed by atoms with Gasteiger partial charge in [-0.3, -0.25) is 0 Å². The predicted molar refractivity (Wildman–Crippen MR) is 100 cm³/mol. The molecule has 0 amide bonds. The topological polar surface area (TPSA) is 49.8 Å². The van der Waals surface area contributed by atoms with Crippen LogP contribution in [0.3, 0.4) is 0 Å². The minimum absolute atomic E-state index is 0.0598. The Hall–Kier alpha value is -3.02. The van der Waals surface area contributed by atoms with Gasteiger partial charge in [0, 0.05) is 11.9 Å². The molecule has 2 N–H and O–H groups in total. The molecule has 6 heteroatoms. The van der Waals surface area contributed by atoms with Crippen molar-refractivity contribution >= 4 is 23.1 Å². The molecule has 0 unspecified atom stereocenters. The third kappa shape index (κ3) is 3.96. The van der Waals surface area contributed by atoms with Gasteiger partial charge in [0.05, 0.1) is 0 Å². The Labute approximate surface area is 151 Å². The van der Waals surface area contributed by atoms with Crippen molar-refractivity contribution < 1.29 is 8.78 Å². The molecule has 0 atom stereocenters. The average molecular weight is 354 g/mol. The number of rotatable bonds is 4. The van der Waals surface area contributed by atoms with Gasteiger partial charge >= 0.3 is 0 Å². The largest absolute Gasteiger partial charge is 0.335 e. The molecule has 3 rings (SSSR count). The van der Waals surface area contributed by atoms with E-state index >= 15 is 0 Å². The van der Waals surface area contributed by atoms with Crippen LogP contribution in [0.25, 0.3) is 0 Å². The Morgan fingerprint density at radius 1 is 0.846 bits per heavy atom. The molecule has 0 saturated carbocycles. The van der Waals surface area contributed by atoms with Crippen molar-refractivity contribution in [3.63, 3.8) is 0 Å². The molecule has 3 aromatic rings. The molecule has 0 aliphatic rings. The van der Waals surface area contributed by atoms with E-state index in [2.05, 4.69) is 41.4 Å². The standard InChI is InChI=1S/C20H20F2N4/c1-20(2,3)13-7-4-5-10-16(13)24-19-23-12-11-17(26-19)25-18-14(21)8-6-9-15(18)22/h4-12H,1-3H3,(H2,23,24,25,26). The molecule has 4 nitrogen and oxygen atoms in total. The average Bonchev–Trinajstić information content (AvgIpc) is 2.58. The zero-order valence-corrected chi connectivity index (χ0v) is 14.8. The van der Waals surface area contributed by atoms with E-state index in [9.17, 15) is 8.78 Å². The first-order valence-corrected chi connectivity index (χ1v) is 8.25. The van der Waals surface area contributed by atoms with Crippen LogP contribution in [-0.4, -0.2) is 9.97 Å². The number of halogens is 2. The molecular formula is C20H20F2N4. The van der Waals surface area contributed by atoms with Crippen molar-refractivity contribution in [2.24, 2.45) is 0 Å². The number of anilines is 4. The van der Waals surface area contributed by atoms with Gasteiger partial charge in [-0.15, -0.1) is 0 Å². The van der Waals surface area contributed by atoms with Gasteiger partial charge in [-0.05, 0) is 35.2 Å². The van der Waals surface area contributed by atoms with Crippen molar-refractivity contribution in [2.75, 3.05) is 10.6 Å². The Kier molecular flexibility index (Phi) is 4.84. The summed E-state index contributed by atoms with van der Waals surface area (Å²) in [5.74, 6) is -0.740. The van der Waals surface area contributed by atoms with Gasteiger partial charge in [0.2, 0.25) is 5.95 Å². The van der Waals surface area contributed by atoms with Crippen LogP contribution in [0.15, 0.2) is 54.7 Å². The molecule has 2 aromatic carbocycles. The zero-order chi connectivity index (χ0) is 18.7. The van der Waals surface area contributed by atoms with Crippen molar-refractivity contribution in [3.8, 4) is 0 Å². The van der Waals surface area contributed by atoms with Gasteiger partial charge in [0.1, 0.15) is 23.1 Å². The van der Waals surface area contributed by atoms with Crippen molar-refractivity contribution in [3.05, 3.63) is 71.9 Å². The Balaban J connectivity index is 1.87. The third-order valence-electron chi connectivity index (χ3n) is 3.85. The fraction of sp³-hybridized carbons (Fsp3) is 0.200. The van der Waals surface area contributed by atoms with E-state index in [0.29, 0.717) is 11.8 Å². The van der Waals surface area contributed by atoms with Crippen LogP contribution >= 0.6 is 0 Å². The maximum absolute atomic E-state index is 13.8. The summed E-state index contributed by atoms with van der Waals surface area (Å²) in [6.45, 7) is 6.36. The van der Waals surface area contributed by atoms with E-state index < -0.39 is 11.6 Å². The van der Waals surface area contributed by atoms with Crippen molar-refractivity contribution in [1.29, 1.82) is 0 Å². The highest BCUT2D eigenvalue weighted by Gasteiger charge is 2.18. The fourth-order valence-corrected chi connectivity index (χ4v) is 2.60. The van der Waals surface area contributed by atoms with E-state index in [4.69, 9.17) is 0 Å². The zero-order valence-electron chi connectivity index (χ0n) is 14.8. The van der Waals surface area contributed by atoms with Crippen molar-refractivity contribution in [2.45, 2.75) is 26.2 Å². The maximum Gasteiger partial charge on any atom is 0.229 e. The van der Waals surface area contributed by atoms with Crippen LogP contribution in [-0.2, 0) is 5.41 Å². The molecular weight excluding hydrogens is 334 g/mol. The maximum atomic E-state index is 13.8. The lowest BCUT2D eigenvalue weighted by Gasteiger charge is -2.23. The summed E-state index contributed by atoms with van der Waals surface area (Å²) in [5, 5.41) is 5.86. The van der Waals surface area contributed by atoms with Gasteiger partial charge in [-0.1, -0.05) is 45.0 Å². The molecule has 0 aliphatic carbocycles. The minimum atomic E-state index is -0.684. The van der Waals surface area contributed by atoms with Crippen LogP contribution in [0.5, 0.6) is 0 Å². The summed E-state index contributed by atoms with van der Waals surface area (Å²) >= 11 is 0. The number of aromatic nitrogens is 2. The van der Waals surface area contributed by atoms with Crippen LogP contribution in [0.1, 0.15) is 26.3 Å². The second-order valence-electron chi connectivity index (χ2n) is 6.91. The normalized spacial score (nSPS) is 11.3. The quantitative estimate of drug-likeness (QED) is 0.646. The summed E-state index contributed by atoms with van der Waals surface area (Å²) in [6.07, 6.45) is 1.52. The third-order valence-corrected chi connectivity index (χ3v) is 3.85. The second-order valence-corrected chi connectivity index (χ2v) is 6.91. The number of hydrogen-bond acceptors (Lipinski definition) is 4. The molecule has 0 fully saturated rings. The van der Waals surface area contributed by atoms with E-state index in [0.717, 1.165) is 11.3 Å². The number of nitrogens with zero attached hydrogens (tertiary/aromatic N) is 2. The van der Waals surface area contributed by atoms with E-state index in [1.165, 1.54) is 24.4 Å².